The Bertz CT molecular complexity index is 355. The van der Waals surface area contributed by atoms with Gasteiger partial charge in [0.05, 0.1) is 7.45 Å². The second kappa shape index (κ2) is 4.09. The zero-order valence-corrected chi connectivity index (χ0v) is 6.70. The normalized spacial score (nSPS) is 20.3. The van der Waals surface area contributed by atoms with Gasteiger partial charge in [0.25, 0.3) is 0 Å². The number of likely N-dealkylation sites (N-methyl/N-ethyl adjacent to an activating group) is 1. The van der Waals surface area contributed by atoms with Gasteiger partial charge in [-0.1, -0.05) is 12.1 Å². The van der Waals surface area contributed by atoms with Crippen LogP contribution in [0.25, 0.3) is 0 Å². The minimum atomic E-state index is -2.46. The van der Waals surface area contributed by atoms with Gasteiger partial charge in [-0.15, -0.1) is 0 Å². The Hall–Kier alpha value is -1.06. The predicted octanol–water partition coefficient (Wildman–Crippen LogP) is 0.645. The highest BCUT2D eigenvalue weighted by Crippen LogP contribution is 2.17. The second-order valence-electron chi connectivity index (χ2n) is 2.27. The fourth-order valence-corrected chi connectivity index (χ4v) is 0.844. The number of benzene rings is 1. The molecule has 0 aliphatic carbocycles. The lowest BCUT2D eigenvalue weighted by Crippen LogP contribution is -2.16. The molecule has 3 nitrogen and oxygen atoms in total. The molecule has 1 aromatic carbocycles. The van der Waals surface area contributed by atoms with E-state index in [-0.39, 0.29) is 11.3 Å². The van der Waals surface area contributed by atoms with Crippen LogP contribution in [-0.4, -0.2) is 23.8 Å². The molecule has 0 radical (unpaired) electrons. The molecule has 0 aliphatic heterocycles. The summed E-state index contributed by atoms with van der Waals surface area (Å²) in [4.78, 5) is 0. The number of hydrogen-bond acceptors (Lipinski definition) is 3. The van der Waals surface area contributed by atoms with Crippen LogP contribution in [0.2, 0.25) is 0 Å². The number of rotatable bonds is 3. The monoisotopic (exact) mass is 170 g/mol. The van der Waals surface area contributed by atoms with Crippen molar-refractivity contribution in [3.8, 4) is 5.75 Å². The number of hydrogen-bond donors (Lipinski definition) is 3. The Morgan fingerprint density at radius 1 is 1.75 bits per heavy atom. The third kappa shape index (κ3) is 2.22. The number of phenols is 1. The standard InChI is InChI=1S/C9H13NO2/c1-10-6-9(12)7-3-2-4-8(11)5-7/h2-5,9-12H,6H2,1H3/t9-/m0/s1/i6D2,9D. The summed E-state index contributed by atoms with van der Waals surface area (Å²) in [6, 6.07) is 5.36. The summed E-state index contributed by atoms with van der Waals surface area (Å²) in [6.07, 6.45) is -2.46. The highest BCUT2D eigenvalue weighted by atomic mass is 16.3. The van der Waals surface area contributed by atoms with Gasteiger partial charge in [-0.3, -0.25) is 0 Å². The van der Waals surface area contributed by atoms with E-state index in [2.05, 4.69) is 5.32 Å². The topological polar surface area (TPSA) is 52.5 Å². The Morgan fingerprint density at radius 2 is 2.50 bits per heavy atom. The van der Waals surface area contributed by atoms with Gasteiger partial charge in [-0.25, -0.2) is 0 Å². The largest absolute Gasteiger partial charge is 0.508 e. The van der Waals surface area contributed by atoms with Crippen LogP contribution in [0.1, 0.15) is 15.8 Å². The molecule has 0 amide bonds. The number of phenolic OH excluding ortho intramolecular Hbond substituents is 1. The van der Waals surface area contributed by atoms with Crippen molar-refractivity contribution in [2.75, 3.05) is 13.5 Å². The highest BCUT2D eigenvalue weighted by molar-refractivity contribution is 5.28. The Balaban J connectivity index is 3.16. The van der Waals surface area contributed by atoms with E-state index >= 15 is 0 Å². The van der Waals surface area contributed by atoms with E-state index in [1.165, 1.54) is 25.2 Å². The number of nitrogens with one attached hydrogen (secondary N) is 1. The first-order chi connectivity index (χ1) is 6.81. The van der Waals surface area contributed by atoms with Gasteiger partial charge in [0.2, 0.25) is 0 Å². The minimum absolute atomic E-state index is 0.0122. The lowest BCUT2D eigenvalue weighted by Gasteiger charge is -2.09. The molecular formula is C9H13NO2. The molecule has 3 N–H and O–H groups in total. The van der Waals surface area contributed by atoms with Gasteiger partial charge in [0.15, 0.2) is 0 Å². The van der Waals surface area contributed by atoms with Crippen molar-refractivity contribution in [3.63, 3.8) is 0 Å². The van der Waals surface area contributed by atoms with E-state index in [0.29, 0.717) is 0 Å². The van der Waals surface area contributed by atoms with Gasteiger partial charge in [0, 0.05) is 9.24 Å². The molecule has 12 heavy (non-hydrogen) atoms. The molecule has 66 valence electrons. The minimum Gasteiger partial charge on any atom is -0.508 e. The molecule has 0 fully saturated rings. The first kappa shape index (κ1) is 5.56. The molecule has 1 atom stereocenters. The maximum atomic E-state index is 9.76. The van der Waals surface area contributed by atoms with Gasteiger partial charge >= 0.3 is 0 Å². The van der Waals surface area contributed by atoms with E-state index in [1.807, 2.05) is 0 Å². The van der Waals surface area contributed by atoms with Gasteiger partial charge in [-0.2, -0.15) is 0 Å². The zero-order valence-electron chi connectivity index (χ0n) is 9.70. The van der Waals surface area contributed by atoms with E-state index in [9.17, 15) is 10.2 Å². The van der Waals surface area contributed by atoms with Crippen LogP contribution in [0, 0.1) is 0 Å². The highest BCUT2D eigenvalue weighted by Gasteiger charge is 2.05. The quantitative estimate of drug-likeness (QED) is 0.624. The Kier molecular flexibility index (Phi) is 1.90. The lowest BCUT2D eigenvalue weighted by atomic mass is 10.1. The van der Waals surface area contributed by atoms with Crippen LogP contribution in [0.3, 0.4) is 0 Å². The summed E-state index contributed by atoms with van der Waals surface area (Å²) in [5, 5.41) is 21.1. The van der Waals surface area contributed by atoms with Crippen molar-refractivity contribution < 1.29 is 14.3 Å². The average molecular weight is 170 g/mol. The maximum absolute atomic E-state index is 9.76. The van der Waals surface area contributed by atoms with Crippen molar-refractivity contribution in [3.05, 3.63) is 29.8 Å². The van der Waals surface area contributed by atoms with Gasteiger partial charge in [0.1, 0.15) is 5.75 Å². The molecule has 1 rings (SSSR count). The predicted molar refractivity (Wildman–Crippen MR) is 47.0 cm³/mol. The summed E-state index contributed by atoms with van der Waals surface area (Å²) in [5.41, 5.74) is -0.0122. The molecule has 0 aliphatic rings. The van der Waals surface area contributed by atoms with E-state index in [1.54, 1.807) is 0 Å². The second-order valence-corrected chi connectivity index (χ2v) is 2.27. The third-order valence-corrected chi connectivity index (χ3v) is 1.36. The molecular weight excluding hydrogens is 154 g/mol. The summed E-state index contributed by atoms with van der Waals surface area (Å²) in [5.74, 6) is -0.120. The Labute approximate surface area is 75.9 Å². The van der Waals surface area contributed by atoms with Crippen molar-refractivity contribution in [1.82, 2.24) is 5.32 Å². The average Bonchev–Trinajstić information content (AvgIpc) is 2.17. The molecule has 1 aromatic rings. The van der Waals surface area contributed by atoms with Crippen LogP contribution >= 0.6 is 0 Å². The summed E-state index contributed by atoms with van der Waals surface area (Å²) in [6.45, 7) is -2.30. The van der Waals surface area contributed by atoms with E-state index < -0.39 is 12.6 Å². The molecule has 0 saturated carbocycles. The fourth-order valence-electron chi connectivity index (χ4n) is 0.844. The van der Waals surface area contributed by atoms with Crippen LogP contribution in [-0.2, 0) is 0 Å². The van der Waals surface area contributed by atoms with Crippen LogP contribution in [0.4, 0.5) is 0 Å². The summed E-state index contributed by atoms with van der Waals surface area (Å²) in [7, 11) is 1.31. The molecule has 0 aromatic heterocycles. The van der Waals surface area contributed by atoms with Crippen molar-refractivity contribution in [2.45, 2.75) is 6.08 Å². The van der Waals surface area contributed by atoms with Crippen LogP contribution in [0.5, 0.6) is 5.75 Å². The SMILES string of the molecule is [2H]C([2H])(NC)[C@]([2H])(O)c1cccc(O)c1. The third-order valence-electron chi connectivity index (χ3n) is 1.36. The molecule has 0 unspecified atom stereocenters. The Morgan fingerprint density at radius 3 is 3.08 bits per heavy atom. The number of aliphatic hydroxyl groups is 1. The fraction of sp³-hybridized carbons (Fsp3) is 0.333. The molecule has 0 bridgehead atoms. The van der Waals surface area contributed by atoms with E-state index in [4.69, 9.17) is 4.11 Å². The van der Waals surface area contributed by atoms with Crippen LogP contribution in [0.15, 0.2) is 24.3 Å². The van der Waals surface area contributed by atoms with Crippen LogP contribution < -0.4 is 5.32 Å². The smallest absolute Gasteiger partial charge is 0.115 e. The lowest BCUT2D eigenvalue weighted by molar-refractivity contribution is 0.177. The first-order valence-electron chi connectivity index (χ1n) is 5.02. The molecule has 3 heteroatoms. The first-order valence-corrected chi connectivity index (χ1v) is 3.52. The number of aromatic hydroxyl groups is 1. The maximum Gasteiger partial charge on any atom is 0.115 e. The van der Waals surface area contributed by atoms with Gasteiger partial charge in [-0.05, 0) is 24.7 Å². The molecule has 0 heterocycles. The zero-order chi connectivity index (χ0) is 11.7. The van der Waals surface area contributed by atoms with E-state index in [0.717, 1.165) is 6.07 Å². The van der Waals surface area contributed by atoms with Crippen molar-refractivity contribution >= 4 is 0 Å². The van der Waals surface area contributed by atoms with Crippen molar-refractivity contribution in [1.29, 1.82) is 0 Å². The summed E-state index contributed by atoms with van der Waals surface area (Å²) >= 11 is 0. The molecule has 0 saturated heterocycles. The molecule has 0 spiro atoms. The summed E-state index contributed by atoms with van der Waals surface area (Å²) < 4.78 is 22.4. The van der Waals surface area contributed by atoms with Crippen molar-refractivity contribution in [2.24, 2.45) is 0 Å². The van der Waals surface area contributed by atoms with Gasteiger partial charge < -0.3 is 15.5 Å².